The third-order valence-corrected chi connectivity index (χ3v) is 4.00. The lowest BCUT2D eigenvalue weighted by atomic mass is 10.2. The third-order valence-electron chi connectivity index (χ3n) is 2.29. The molecule has 0 aliphatic carbocycles. The van der Waals surface area contributed by atoms with Crippen LogP contribution in [0.1, 0.15) is 0 Å². The first-order valence-corrected chi connectivity index (χ1v) is 6.49. The summed E-state index contributed by atoms with van der Waals surface area (Å²) in [5.74, 6) is -0.0474. The minimum atomic E-state index is -3.02. The summed E-state index contributed by atoms with van der Waals surface area (Å²) in [6.45, 7) is 1.54. The highest BCUT2D eigenvalue weighted by molar-refractivity contribution is 7.91. The van der Waals surface area contributed by atoms with E-state index in [1.807, 2.05) is 19.0 Å². The van der Waals surface area contributed by atoms with Crippen LogP contribution < -0.4 is 5.32 Å². The Morgan fingerprint density at radius 3 is 2.50 bits per heavy atom. The van der Waals surface area contributed by atoms with E-state index in [1.54, 1.807) is 0 Å². The van der Waals surface area contributed by atoms with Gasteiger partial charge in [0.15, 0.2) is 9.84 Å². The van der Waals surface area contributed by atoms with Crippen molar-refractivity contribution in [1.82, 2.24) is 10.2 Å². The van der Waals surface area contributed by atoms with Gasteiger partial charge in [-0.15, -0.1) is 0 Å². The summed E-state index contributed by atoms with van der Waals surface area (Å²) in [7, 11) is 0.874. The lowest BCUT2D eigenvalue weighted by Gasteiger charge is -2.16. The summed E-state index contributed by atoms with van der Waals surface area (Å²) in [6, 6.07) is -0.292. The van der Waals surface area contributed by atoms with Gasteiger partial charge in [-0.05, 0) is 14.1 Å². The fourth-order valence-corrected chi connectivity index (χ4v) is 3.27. The molecule has 84 valence electrons. The van der Waals surface area contributed by atoms with Crippen LogP contribution in [-0.2, 0) is 9.84 Å². The first kappa shape index (κ1) is 11.9. The number of rotatable bonds is 4. The van der Waals surface area contributed by atoms with Crippen LogP contribution in [0.15, 0.2) is 0 Å². The molecule has 14 heavy (non-hydrogen) atoms. The van der Waals surface area contributed by atoms with Gasteiger partial charge in [0.25, 0.3) is 0 Å². The molecule has 0 amide bonds. The monoisotopic (exact) mass is 222 g/mol. The third kappa shape index (κ3) is 3.53. The fraction of sp³-hybridized carbons (Fsp3) is 1.00. The van der Waals surface area contributed by atoms with Crippen molar-refractivity contribution in [2.24, 2.45) is 0 Å². The van der Waals surface area contributed by atoms with Crippen LogP contribution in [0.4, 0.5) is 0 Å². The average Bonchev–Trinajstić information content (AvgIpc) is 2.24. The standard InChI is InChI=1S/C8H18N2O3S/c1-10(2)4-3-9-7-5-14(12,13)6-8(7)11/h7-9,11H,3-6H2,1-2H3/t7-,8+/m0/s1. The summed E-state index contributed by atoms with van der Waals surface area (Å²) < 4.78 is 22.3. The second kappa shape index (κ2) is 4.57. The summed E-state index contributed by atoms with van der Waals surface area (Å²) in [5, 5.41) is 12.5. The number of aliphatic hydroxyl groups excluding tert-OH is 1. The number of hydrogen-bond donors (Lipinski definition) is 2. The number of nitrogens with zero attached hydrogens (tertiary/aromatic N) is 1. The molecule has 2 atom stereocenters. The molecule has 0 aromatic rings. The number of hydrogen-bond acceptors (Lipinski definition) is 5. The van der Waals surface area contributed by atoms with Crippen molar-refractivity contribution in [1.29, 1.82) is 0 Å². The van der Waals surface area contributed by atoms with Gasteiger partial charge in [0, 0.05) is 19.1 Å². The van der Waals surface area contributed by atoms with Crippen LogP contribution in [-0.4, -0.2) is 69.3 Å². The zero-order valence-corrected chi connectivity index (χ0v) is 9.42. The molecule has 1 aliphatic rings. The fourth-order valence-electron chi connectivity index (χ4n) is 1.50. The zero-order chi connectivity index (χ0) is 10.8. The Balaban J connectivity index is 2.33. The van der Waals surface area contributed by atoms with E-state index in [9.17, 15) is 13.5 Å². The van der Waals surface area contributed by atoms with Crippen molar-refractivity contribution in [2.75, 3.05) is 38.7 Å². The van der Waals surface area contributed by atoms with E-state index in [2.05, 4.69) is 5.32 Å². The minimum Gasteiger partial charge on any atom is -0.390 e. The van der Waals surface area contributed by atoms with Crippen LogP contribution >= 0.6 is 0 Å². The maximum atomic E-state index is 11.1. The minimum absolute atomic E-state index is 0.0571. The van der Waals surface area contributed by atoms with Gasteiger partial charge in [0.2, 0.25) is 0 Å². The van der Waals surface area contributed by atoms with E-state index in [-0.39, 0.29) is 17.5 Å². The lowest BCUT2D eigenvalue weighted by molar-refractivity contribution is 0.164. The van der Waals surface area contributed by atoms with E-state index >= 15 is 0 Å². The van der Waals surface area contributed by atoms with E-state index < -0.39 is 15.9 Å². The second-order valence-electron chi connectivity index (χ2n) is 4.01. The predicted molar refractivity (Wildman–Crippen MR) is 55.0 cm³/mol. The molecule has 0 bridgehead atoms. The van der Waals surface area contributed by atoms with Crippen LogP contribution in [0, 0.1) is 0 Å². The van der Waals surface area contributed by atoms with Crippen molar-refractivity contribution in [3.63, 3.8) is 0 Å². The Morgan fingerprint density at radius 2 is 2.07 bits per heavy atom. The molecule has 1 fully saturated rings. The van der Waals surface area contributed by atoms with Gasteiger partial charge in [0.1, 0.15) is 0 Å². The van der Waals surface area contributed by atoms with Crippen molar-refractivity contribution >= 4 is 9.84 Å². The van der Waals surface area contributed by atoms with Gasteiger partial charge in [-0.2, -0.15) is 0 Å². The average molecular weight is 222 g/mol. The number of sulfone groups is 1. The van der Waals surface area contributed by atoms with E-state index in [1.165, 1.54) is 0 Å². The molecule has 1 heterocycles. The van der Waals surface area contributed by atoms with Crippen LogP contribution in [0.3, 0.4) is 0 Å². The van der Waals surface area contributed by atoms with Crippen LogP contribution in [0.5, 0.6) is 0 Å². The van der Waals surface area contributed by atoms with Crippen molar-refractivity contribution in [3.8, 4) is 0 Å². The Bertz CT molecular complexity index is 276. The molecule has 0 aromatic carbocycles. The summed E-state index contributed by atoms with van der Waals surface area (Å²) >= 11 is 0. The largest absolute Gasteiger partial charge is 0.390 e. The number of nitrogens with one attached hydrogen (secondary N) is 1. The molecule has 0 spiro atoms. The van der Waals surface area contributed by atoms with Crippen molar-refractivity contribution in [2.45, 2.75) is 12.1 Å². The number of likely N-dealkylation sites (N-methyl/N-ethyl adjacent to an activating group) is 1. The Morgan fingerprint density at radius 1 is 1.43 bits per heavy atom. The van der Waals surface area contributed by atoms with Crippen molar-refractivity contribution in [3.05, 3.63) is 0 Å². The first-order valence-electron chi connectivity index (χ1n) is 4.67. The quantitative estimate of drug-likeness (QED) is 0.593. The molecule has 0 unspecified atom stereocenters. The highest BCUT2D eigenvalue weighted by Crippen LogP contribution is 2.11. The summed E-state index contributed by atoms with van der Waals surface area (Å²) in [4.78, 5) is 2.00. The first-order chi connectivity index (χ1) is 6.41. The van der Waals surface area contributed by atoms with Gasteiger partial charge in [0.05, 0.1) is 17.6 Å². The molecule has 6 heteroatoms. The van der Waals surface area contributed by atoms with Gasteiger partial charge in [-0.3, -0.25) is 0 Å². The maximum Gasteiger partial charge on any atom is 0.154 e. The smallest absolute Gasteiger partial charge is 0.154 e. The van der Waals surface area contributed by atoms with Gasteiger partial charge in [-0.25, -0.2) is 8.42 Å². The SMILES string of the molecule is CN(C)CCN[C@H]1CS(=O)(=O)C[C@H]1O. The molecule has 0 aromatic heterocycles. The molecular formula is C8H18N2O3S. The normalized spacial score (nSPS) is 31.1. The molecule has 0 saturated carbocycles. The lowest BCUT2D eigenvalue weighted by Crippen LogP contribution is -2.41. The molecule has 1 saturated heterocycles. The maximum absolute atomic E-state index is 11.1. The highest BCUT2D eigenvalue weighted by atomic mass is 32.2. The Hall–Kier alpha value is -0.170. The topological polar surface area (TPSA) is 69.6 Å². The Labute approximate surface area is 85.0 Å². The summed E-state index contributed by atoms with van der Waals surface area (Å²) in [6.07, 6.45) is -0.748. The van der Waals surface area contributed by atoms with E-state index in [0.717, 1.165) is 6.54 Å². The summed E-state index contributed by atoms with van der Waals surface area (Å²) in [5.41, 5.74) is 0. The van der Waals surface area contributed by atoms with Crippen molar-refractivity contribution < 1.29 is 13.5 Å². The van der Waals surface area contributed by atoms with Gasteiger partial charge < -0.3 is 15.3 Å². The Kier molecular flexibility index (Phi) is 3.88. The van der Waals surface area contributed by atoms with Crippen LogP contribution in [0.2, 0.25) is 0 Å². The van der Waals surface area contributed by atoms with E-state index in [0.29, 0.717) is 6.54 Å². The molecular weight excluding hydrogens is 204 g/mol. The van der Waals surface area contributed by atoms with E-state index in [4.69, 9.17) is 0 Å². The number of aliphatic hydroxyl groups is 1. The van der Waals surface area contributed by atoms with Gasteiger partial charge in [-0.1, -0.05) is 0 Å². The second-order valence-corrected chi connectivity index (χ2v) is 6.16. The molecule has 2 N–H and O–H groups in total. The van der Waals surface area contributed by atoms with Crippen LogP contribution in [0.25, 0.3) is 0 Å². The predicted octanol–water partition coefficient (Wildman–Crippen LogP) is -1.70. The highest BCUT2D eigenvalue weighted by Gasteiger charge is 2.35. The van der Waals surface area contributed by atoms with Gasteiger partial charge >= 0.3 is 0 Å². The zero-order valence-electron chi connectivity index (χ0n) is 8.60. The molecule has 5 nitrogen and oxygen atoms in total. The molecule has 1 aliphatic heterocycles. The molecule has 0 radical (unpaired) electrons. The molecule has 1 rings (SSSR count).